The van der Waals surface area contributed by atoms with Crippen molar-refractivity contribution in [2.45, 2.75) is 37.5 Å². The van der Waals surface area contributed by atoms with Crippen molar-refractivity contribution in [1.82, 2.24) is 5.32 Å². The first-order valence-corrected chi connectivity index (χ1v) is 7.56. The van der Waals surface area contributed by atoms with E-state index in [4.69, 9.17) is 28.9 Å². The Labute approximate surface area is 135 Å². The van der Waals surface area contributed by atoms with Gasteiger partial charge in [-0.15, -0.1) is 0 Å². The normalized spacial score (nSPS) is 14.9. The number of amides is 1. The molecule has 1 rings (SSSR count). The fourth-order valence-electron chi connectivity index (χ4n) is 1.77. The van der Waals surface area contributed by atoms with E-state index in [0.717, 1.165) is 5.56 Å². The molecule has 0 aliphatic carbocycles. The predicted octanol–water partition coefficient (Wildman–Crippen LogP) is 3.25. The van der Waals surface area contributed by atoms with Crippen molar-refractivity contribution >= 4 is 41.7 Å². The molecule has 3 nitrogen and oxygen atoms in total. The van der Waals surface area contributed by atoms with Gasteiger partial charge in [0.15, 0.2) is 0 Å². The first kappa shape index (κ1) is 17.6. The third-order valence-electron chi connectivity index (χ3n) is 2.90. The van der Waals surface area contributed by atoms with Crippen LogP contribution in [0.4, 0.5) is 0 Å². The van der Waals surface area contributed by atoms with Gasteiger partial charge in [-0.3, -0.25) is 4.79 Å². The van der Waals surface area contributed by atoms with E-state index in [1.807, 2.05) is 6.07 Å². The first-order valence-electron chi connectivity index (χ1n) is 6.29. The maximum Gasteiger partial charge on any atom is 0.230 e. The smallest absolute Gasteiger partial charge is 0.230 e. The first-order chi connectivity index (χ1) is 9.11. The number of hydrogen-bond donors (Lipinski definition) is 3. The standard InChI is InChI=1S/C14H20Cl2N2OS/c1-14(2,3)18-7-9(12(20)13(17)19)8-4-5-10(15)11(16)6-8/h4-6,9,12,18,20H,7H2,1-3H3,(H2,17,19). The summed E-state index contributed by atoms with van der Waals surface area (Å²) in [7, 11) is 0. The molecule has 1 aromatic carbocycles. The molecule has 0 bridgehead atoms. The topological polar surface area (TPSA) is 55.1 Å². The highest BCUT2D eigenvalue weighted by Gasteiger charge is 2.26. The van der Waals surface area contributed by atoms with Gasteiger partial charge in [0.2, 0.25) is 5.91 Å². The van der Waals surface area contributed by atoms with Crippen LogP contribution in [-0.4, -0.2) is 23.2 Å². The number of nitrogens with one attached hydrogen (secondary N) is 1. The lowest BCUT2D eigenvalue weighted by molar-refractivity contribution is -0.117. The molecule has 112 valence electrons. The Hall–Kier alpha value is -0.420. The summed E-state index contributed by atoms with van der Waals surface area (Å²) >= 11 is 16.3. The number of nitrogens with two attached hydrogens (primary N) is 1. The van der Waals surface area contributed by atoms with Crippen molar-refractivity contribution in [3.05, 3.63) is 33.8 Å². The van der Waals surface area contributed by atoms with Gasteiger partial charge in [0.25, 0.3) is 0 Å². The molecule has 0 aromatic heterocycles. The monoisotopic (exact) mass is 334 g/mol. The van der Waals surface area contributed by atoms with Gasteiger partial charge in [0.1, 0.15) is 0 Å². The fourth-order valence-corrected chi connectivity index (χ4v) is 2.35. The van der Waals surface area contributed by atoms with Crippen molar-refractivity contribution in [2.75, 3.05) is 6.54 Å². The van der Waals surface area contributed by atoms with E-state index >= 15 is 0 Å². The lowest BCUT2D eigenvalue weighted by atomic mass is 9.93. The van der Waals surface area contributed by atoms with Crippen LogP contribution in [0, 0.1) is 0 Å². The second-order valence-electron chi connectivity index (χ2n) is 5.76. The molecule has 2 atom stereocenters. The number of hydrogen-bond acceptors (Lipinski definition) is 3. The molecule has 0 saturated carbocycles. The van der Waals surface area contributed by atoms with Crippen LogP contribution in [0.3, 0.4) is 0 Å². The van der Waals surface area contributed by atoms with E-state index in [0.29, 0.717) is 16.6 Å². The second-order valence-corrected chi connectivity index (χ2v) is 7.13. The number of halogens is 2. The minimum absolute atomic E-state index is 0.0698. The Morgan fingerprint density at radius 2 is 1.95 bits per heavy atom. The van der Waals surface area contributed by atoms with E-state index in [2.05, 4.69) is 38.7 Å². The molecule has 0 aliphatic heterocycles. The molecule has 0 aliphatic rings. The molecule has 6 heteroatoms. The second kappa shape index (κ2) is 7.03. The highest BCUT2D eigenvalue weighted by molar-refractivity contribution is 7.81. The minimum atomic E-state index is -0.595. The minimum Gasteiger partial charge on any atom is -0.369 e. The quantitative estimate of drug-likeness (QED) is 0.724. The number of carbonyl (C=O) groups excluding carboxylic acids is 1. The van der Waals surface area contributed by atoms with Gasteiger partial charge in [0, 0.05) is 18.0 Å². The van der Waals surface area contributed by atoms with Crippen molar-refractivity contribution in [1.29, 1.82) is 0 Å². The van der Waals surface area contributed by atoms with E-state index in [1.165, 1.54) is 0 Å². The van der Waals surface area contributed by atoms with Crippen LogP contribution < -0.4 is 11.1 Å². The Morgan fingerprint density at radius 3 is 2.40 bits per heavy atom. The summed E-state index contributed by atoms with van der Waals surface area (Å²) in [5.41, 5.74) is 6.19. The Morgan fingerprint density at radius 1 is 1.35 bits per heavy atom. The highest BCUT2D eigenvalue weighted by atomic mass is 35.5. The maximum absolute atomic E-state index is 11.4. The maximum atomic E-state index is 11.4. The Balaban J connectivity index is 3.03. The summed E-state index contributed by atoms with van der Waals surface area (Å²) in [6, 6.07) is 5.31. The molecular formula is C14H20Cl2N2OS. The van der Waals surface area contributed by atoms with Crippen LogP contribution >= 0.6 is 35.8 Å². The van der Waals surface area contributed by atoms with Crippen LogP contribution in [0.5, 0.6) is 0 Å². The lowest BCUT2D eigenvalue weighted by Crippen LogP contribution is -2.42. The summed E-state index contributed by atoms with van der Waals surface area (Å²) in [5, 5.41) is 3.70. The molecule has 1 amide bonds. The molecule has 2 unspecified atom stereocenters. The van der Waals surface area contributed by atoms with Gasteiger partial charge in [-0.05, 0) is 38.5 Å². The summed E-state index contributed by atoms with van der Waals surface area (Å²) in [5.74, 6) is -0.634. The third-order valence-corrected chi connectivity index (χ3v) is 4.25. The largest absolute Gasteiger partial charge is 0.369 e. The molecular weight excluding hydrogens is 315 g/mol. The zero-order valence-electron chi connectivity index (χ0n) is 11.8. The predicted molar refractivity (Wildman–Crippen MR) is 88.9 cm³/mol. The molecule has 20 heavy (non-hydrogen) atoms. The molecule has 0 radical (unpaired) electrons. The van der Waals surface area contributed by atoms with Crippen LogP contribution in [-0.2, 0) is 4.79 Å². The Bertz CT molecular complexity index is 489. The lowest BCUT2D eigenvalue weighted by Gasteiger charge is -2.28. The Kier molecular flexibility index (Phi) is 6.20. The number of rotatable bonds is 5. The van der Waals surface area contributed by atoms with Crippen molar-refractivity contribution < 1.29 is 4.79 Å². The molecule has 0 spiro atoms. The van der Waals surface area contributed by atoms with Crippen LogP contribution in [0.1, 0.15) is 32.3 Å². The van der Waals surface area contributed by atoms with Gasteiger partial charge in [-0.1, -0.05) is 29.3 Å². The van der Waals surface area contributed by atoms with Crippen LogP contribution in [0.25, 0.3) is 0 Å². The van der Waals surface area contributed by atoms with E-state index < -0.39 is 11.2 Å². The zero-order valence-corrected chi connectivity index (χ0v) is 14.2. The summed E-state index contributed by atoms with van der Waals surface area (Å²) in [4.78, 5) is 11.4. The van der Waals surface area contributed by atoms with Crippen LogP contribution in [0.15, 0.2) is 18.2 Å². The van der Waals surface area contributed by atoms with E-state index in [9.17, 15) is 4.79 Å². The average Bonchev–Trinajstić information content (AvgIpc) is 2.32. The summed E-state index contributed by atoms with van der Waals surface area (Å²) in [6.45, 7) is 6.72. The van der Waals surface area contributed by atoms with Crippen molar-refractivity contribution in [3.8, 4) is 0 Å². The molecule has 1 aromatic rings. The zero-order chi connectivity index (χ0) is 15.5. The van der Waals surface area contributed by atoms with Gasteiger partial charge >= 0.3 is 0 Å². The van der Waals surface area contributed by atoms with Crippen LogP contribution in [0.2, 0.25) is 10.0 Å². The molecule has 0 fully saturated rings. The van der Waals surface area contributed by atoms with Gasteiger partial charge < -0.3 is 11.1 Å². The number of benzene rings is 1. The molecule has 3 N–H and O–H groups in total. The highest BCUT2D eigenvalue weighted by Crippen LogP contribution is 2.30. The van der Waals surface area contributed by atoms with E-state index in [1.54, 1.807) is 12.1 Å². The summed E-state index contributed by atoms with van der Waals surface area (Å²) < 4.78 is 0. The van der Waals surface area contributed by atoms with Crippen molar-refractivity contribution in [3.63, 3.8) is 0 Å². The SMILES string of the molecule is CC(C)(C)NCC(c1ccc(Cl)c(Cl)c1)C(S)C(N)=O. The number of thiol groups is 1. The van der Waals surface area contributed by atoms with Gasteiger partial charge in [0.05, 0.1) is 15.3 Å². The number of carbonyl (C=O) groups is 1. The van der Waals surface area contributed by atoms with Gasteiger partial charge in [-0.25, -0.2) is 0 Å². The van der Waals surface area contributed by atoms with Crippen molar-refractivity contribution in [2.24, 2.45) is 5.73 Å². The fraction of sp³-hybridized carbons (Fsp3) is 0.500. The van der Waals surface area contributed by atoms with Gasteiger partial charge in [-0.2, -0.15) is 12.6 Å². The van der Waals surface area contributed by atoms with E-state index in [-0.39, 0.29) is 11.5 Å². The summed E-state index contributed by atoms with van der Waals surface area (Å²) in [6.07, 6.45) is 0. The molecule has 0 heterocycles. The average molecular weight is 335 g/mol. The number of primary amides is 1. The third kappa shape index (κ3) is 5.17. The molecule has 0 saturated heterocycles.